The highest BCUT2D eigenvalue weighted by molar-refractivity contribution is 5.90. The molecular weight excluding hydrogens is 502 g/mol. The van der Waals surface area contributed by atoms with Gasteiger partial charge < -0.3 is 24.3 Å². The molecule has 2 aromatic heterocycles. The zero-order valence-corrected chi connectivity index (χ0v) is 22.4. The molecule has 0 saturated carbocycles. The molecule has 1 atom stereocenters. The normalized spacial score (nSPS) is 15.7. The lowest BCUT2D eigenvalue weighted by Crippen LogP contribution is -2.38. The van der Waals surface area contributed by atoms with E-state index in [-0.39, 0.29) is 12.1 Å². The lowest BCUT2D eigenvalue weighted by Gasteiger charge is -2.31. The van der Waals surface area contributed by atoms with Gasteiger partial charge in [-0.3, -0.25) is 0 Å². The molecule has 0 fully saturated rings. The zero-order chi connectivity index (χ0) is 27.2. The van der Waals surface area contributed by atoms with Gasteiger partial charge in [0.1, 0.15) is 19.0 Å². The Balaban J connectivity index is 1.36. The van der Waals surface area contributed by atoms with Crippen molar-refractivity contribution in [2.45, 2.75) is 26.4 Å². The molecule has 200 valence electrons. The third-order valence-electron chi connectivity index (χ3n) is 7.53. The van der Waals surface area contributed by atoms with Crippen LogP contribution in [0.3, 0.4) is 0 Å². The molecule has 40 heavy (non-hydrogen) atoms. The number of hydrogen-bond donors (Lipinski definition) is 1. The number of anilines is 1. The van der Waals surface area contributed by atoms with Crippen LogP contribution in [0.25, 0.3) is 11.5 Å². The average molecular weight is 532 g/mol. The molecule has 2 amide bonds. The van der Waals surface area contributed by atoms with Gasteiger partial charge in [-0.25, -0.2) is 9.48 Å². The minimum Gasteiger partial charge on any atom is -0.486 e. The van der Waals surface area contributed by atoms with Gasteiger partial charge in [0.05, 0.1) is 29.7 Å². The van der Waals surface area contributed by atoms with Gasteiger partial charge in [-0.2, -0.15) is 5.10 Å². The molecule has 0 bridgehead atoms. The summed E-state index contributed by atoms with van der Waals surface area (Å²) in [5, 5.41) is 8.05. The smallest absolute Gasteiger partial charge is 0.322 e. The second-order valence-corrected chi connectivity index (χ2v) is 10.2. The largest absolute Gasteiger partial charge is 0.486 e. The Morgan fingerprint density at radius 3 is 2.48 bits per heavy atom. The van der Waals surface area contributed by atoms with Gasteiger partial charge in [0, 0.05) is 23.5 Å². The summed E-state index contributed by atoms with van der Waals surface area (Å²) >= 11 is 0. The first-order chi connectivity index (χ1) is 19.6. The van der Waals surface area contributed by atoms with Crippen LogP contribution in [0.15, 0.2) is 91.1 Å². The lowest BCUT2D eigenvalue weighted by atomic mass is 10.0. The third-order valence-corrected chi connectivity index (χ3v) is 7.53. The number of fused-ring (bicyclic) bond motifs is 4. The van der Waals surface area contributed by atoms with Gasteiger partial charge >= 0.3 is 6.03 Å². The molecule has 7 rings (SSSR count). The maximum absolute atomic E-state index is 14.2. The second-order valence-electron chi connectivity index (χ2n) is 10.2. The first-order valence-electron chi connectivity index (χ1n) is 13.4. The number of urea groups is 1. The van der Waals surface area contributed by atoms with Crippen molar-refractivity contribution in [1.82, 2.24) is 19.2 Å². The van der Waals surface area contributed by atoms with Crippen LogP contribution in [-0.2, 0) is 6.54 Å². The number of para-hydroxylation sites is 1. The number of amides is 2. The van der Waals surface area contributed by atoms with Gasteiger partial charge in [0.15, 0.2) is 11.5 Å². The molecule has 0 aliphatic carbocycles. The maximum Gasteiger partial charge on any atom is 0.322 e. The van der Waals surface area contributed by atoms with Crippen LogP contribution in [-0.4, -0.2) is 38.5 Å². The topological polar surface area (TPSA) is 73.6 Å². The van der Waals surface area contributed by atoms with Crippen molar-refractivity contribution < 1.29 is 14.3 Å². The van der Waals surface area contributed by atoms with Crippen molar-refractivity contribution in [1.29, 1.82) is 0 Å². The van der Waals surface area contributed by atoms with Gasteiger partial charge in [-0.15, -0.1) is 0 Å². The van der Waals surface area contributed by atoms with E-state index >= 15 is 0 Å². The highest BCUT2D eigenvalue weighted by Gasteiger charge is 2.36. The van der Waals surface area contributed by atoms with Crippen molar-refractivity contribution in [3.05, 3.63) is 119 Å². The molecule has 8 heteroatoms. The average Bonchev–Trinajstić information content (AvgIpc) is 3.54. The molecule has 2 aliphatic heterocycles. The fraction of sp³-hybridized carbons (Fsp3) is 0.188. The summed E-state index contributed by atoms with van der Waals surface area (Å²) in [5.74, 6) is 2.25. The highest BCUT2D eigenvalue weighted by atomic mass is 16.6. The van der Waals surface area contributed by atoms with Crippen LogP contribution in [0.4, 0.5) is 10.5 Å². The number of benzene rings is 3. The van der Waals surface area contributed by atoms with E-state index in [0.717, 1.165) is 34.0 Å². The summed E-state index contributed by atoms with van der Waals surface area (Å²) in [6.45, 7) is 5.45. The van der Waals surface area contributed by atoms with E-state index in [0.29, 0.717) is 36.9 Å². The van der Waals surface area contributed by atoms with Crippen molar-refractivity contribution in [2.24, 2.45) is 0 Å². The molecule has 2 aliphatic rings. The summed E-state index contributed by atoms with van der Waals surface area (Å²) in [5.41, 5.74) is 6.66. The number of carbonyl (C=O) groups excluding carboxylic acids is 1. The number of aryl methyl sites for hydroxylation is 2. The summed E-state index contributed by atoms with van der Waals surface area (Å²) in [4.78, 5) is 16.1. The molecule has 8 nitrogen and oxygen atoms in total. The number of carbonyl (C=O) groups is 1. The molecule has 0 spiro atoms. The molecule has 0 radical (unpaired) electrons. The number of ether oxygens (including phenoxy) is 2. The highest BCUT2D eigenvalue weighted by Crippen LogP contribution is 2.39. The van der Waals surface area contributed by atoms with Crippen LogP contribution < -0.4 is 14.8 Å². The standard InChI is InChI=1S/C32H29N5O3/c1-21-10-12-23(13-11-21)30-27-9-6-16-35(27)31-26(22(2)34-37(31)25-7-4-3-5-8-25)20-36(30)32(38)33-24-14-15-28-29(19-24)40-18-17-39-28/h3-16,19,30H,17-18,20H2,1-2H3,(H,33,38)/t30-/m0/s1. The van der Waals surface area contributed by atoms with Gasteiger partial charge in [-0.05, 0) is 55.8 Å². The predicted octanol–water partition coefficient (Wildman–Crippen LogP) is 6.19. The molecule has 4 heterocycles. The molecule has 1 N–H and O–H groups in total. The van der Waals surface area contributed by atoms with E-state index in [4.69, 9.17) is 14.6 Å². The van der Waals surface area contributed by atoms with Gasteiger partial charge in [0.2, 0.25) is 0 Å². The first-order valence-corrected chi connectivity index (χ1v) is 13.4. The summed E-state index contributed by atoms with van der Waals surface area (Å²) in [6.07, 6.45) is 2.05. The van der Waals surface area contributed by atoms with E-state index in [2.05, 4.69) is 53.3 Å². The summed E-state index contributed by atoms with van der Waals surface area (Å²) in [7, 11) is 0. The van der Waals surface area contributed by atoms with Crippen molar-refractivity contribution in [3.63, 3.8) is 0 Å². The van der Waals surface area contributed by atoms with Crippen LogP contribution in [0.5, 0.6) is 11.5 Å². The quantitative estimate of drug-likeness (QED) is 0.301. The fourth-order valence-corrected chi connectivity index (χ4v) is 5.57. The summed E-state index contributed by atoms with van der Waals surface area (Å²) in [6, 6.07) is 27.6. The van der Waals surface area contributed by atoms with Gasteiger partial charge in [0.25, 0.3) is 0 Å². The number of nitrogens with zero attached hydrogens (tertiary/aromatic N) is 4. The number of rotatable bonds is 3. The second kappa shape index (κ2) is 9.64. The van der Waals surface area contributed by atoms with E-state index in [1.165, 1.54) is 5.56 Å². The fourth-order valence-electron chi connectivity index (χ4n) is 5.57. The predicted molar refractivity (Wildman–Crippen MR) is 153 cm³/mol. The molecule has 0 unspecified atom stereocenters. The van der Waals surface area contributed by atoms with E-state index in [1.807, 2.05) is 71.1 Å². The molecule has 5 aromatic rings. The Morgan fingerprint density at radius 1 is 0.900 bits per heavy atom. The number of aromatic nitrogens is 3. The Labute approximate surface area is 232 Å². The number of nitrogens with one attached hydrogen (secondary N) is 1. The third kappa shape index (κ3) is 4.09. The summed E-state index contributed by atoms with van der Waals surface area (Å²) < 4.78 is 15.6. The Hall–Kier alpha value is -4.98. The van der Waals surface area contributed by atoms with Crippen LogP contribution in [0, 0.1) is 13.8 Å². The molecule has 3 aromatic carbocycles. The molecular formula is C32H29N5O3. The SMILES string of the molecule is Cc1ccc([C@H]2c3cccn3-c3c(c(C)nn3-c3ccccc3)CN2C(=O)Nc2ccc3c(c2)OCCO3)cc1. The minimum absolute atomic E-state index is 0.213. The maximum atomic E-state index is 14.2. The first kappa shape index (κ1) is 24.1. The van der Waals surface area contributed by atoms with E-state index in [1.54, 1.807) is 0 Å². The number of hydrogen-bond acceptors (Lipinski definition) is 4. The minimum atomic E-state index is -0.330. The van der Waals surface area contributed by atoms with Crippen LogP contribution in [0.1, 0.15) is 34.1 Å². The van der Waals surface area contributed by atoms with Crippen LogP contribution >= 0.6 is 0 Å². The van der Waals surface area contributed by atoms with Crippen molar-refractivity contribution in [3.8, 4) is 23.0 Å². The Morgan fingerprint density at radius 2 is 1.68 bits per heavy atom. The van der Waals surface area contributed by atoms with E-state index < -0.39 is 0 Å². The van der Waals surface area contributed by atoms with E-state index in [9.17, 15) is 4.79 Å². The molecule has 0 saturated heterocycles. The monoisotopic (exact) mass is 531 g/mol. The van der Waals surface area contributed by atoms with Crippen LogP contribution in [0.2, 0.25) is 0 Å². The Kier molecular flexibility index (Phi) is 5.81. The lowest BCUT2D eigenvalue weighted by molar-refractivity contribution is 0.171. The zero-order valence-electron chi connectivity index (χ0n) is 22.4. The Bertz CT molecular complexity index is 1700. The van der Waals surface area contributed by atoms with Gasteiger partial charge in [-0.1, -0.05) is 48.0 Å². The van der Waals surface area contributed by atoms with Crippen molar-refractivity contribution >= 4 is 11.7 Å². The van der Waals surface area contributed by atoms with Crippen molar-refractivity contribution in [2.75, 3.05) is 18.5 Å².